The van der Waals surface area contributed by atoms with Gasteiger partial charge in [0.25, 0.3) is 5.56 Å². The number of rotatable bonds is 7. The smallest absolute Gasteiger partial charge is 0.358 e. The zero-order chi connectivity index (χ0) is 17.4. The van der Waals surface area contributed by atoms with E-state index in [0.717, 1.165) is 6.42 Å². The van der Waals surface area contributed by atoms with Crippen LogP contribution in [0.4, 0.5) is 0 Å². The fraction of sp³-hybridized carbons (Fsp3) is 0.294. The van der Waals surface area contributed by atoms with Gasteiger partial charge in [-0.2, -0.15) is 10.4 Å². The highest BCUT2D eigenvalue weighted by Gasteiger charge is 2.11. The van der Waals surface area contributed by atoms with Gasteiger partial charge >= 0.3 is 5.97 Å². The number of ether oxygens (including phenoxy) is 2. The average molecular weight is 327 g/mol. The van der Waals surface area contributed by atoms with Gasteiger partial charge in [0, 0.05) is 12.6 Å². The lowest BCUT2D eigenvalue weighted by molar-refractivity contribution is 0.0440. The topological polar surface area (TPSA) is 94.2 Å². The van der Waals surface area contributed by atoms with E-state index < -0.39 is 5.97 Å². The Labute approximate surface area is 139 Å². The highest BCUT2D eigenvalue weighted by Crippen LogP contribution is 2.11. The van der Waals surface area contributed by atoms with Crippen LogP contribution in [-0.4, -0.2) is 29.0 Å². The Morgan fingerprint density at radius 3 is 2.62 bits per heavy atom. The van der Waals surface area contributed by atoms with Crippen LogP contribution in [0.3, 0.4) is 0 Å². The van der Waals surface area contributed by atoms with Crippen LogP contribution in [0, 0.1) is 11.3 Å². The van der Waals surface area contributed by atoms with Crippen molar-refractivity contribution in [2.75, 3.05) is 13.2 Å². The van der Waals surface area contributed by atoms with E-state index in [9.17, 15) is 9.59 Å². The van der Waals surface area contributed by atoms with E-state index in [4.69, 9.17) is 14.7 Å². The zero-order valence-corrected chi connectivity index (χ0v) is 13.3. The molecule has 0 atom stereocenters. The fourth-order valence-electron chi connectivity index (χ4n) is 1.92. The number of hydrogen-bond donors (Lipinski definition) is 0. The number of nitrogens with zero attached hydrogens (tertiary/aromatic N) is 3. The Balaban J connectivity index is 1.83. The molecule has 1 heterocycles. The van der Waals surface area contributed by atoms with Crippen molar-refractivity contribution in [2.45, 2.75) is 19.9 Å². The molecule has 0 radical (unpaired) electrons. The fourth-order valence-corrected chi connectivity index (χ4v) is 1.92. The molecule has 2 aromatic rings. The molecule has 7 heteroatoms. The first kappa shape index (κ1) is 17.2. The van der Waals surface area contributed by atoms with Crippen LogP contribution in [-0.2, 0) is 11.3 Å². The standard InChI is InChI=1S/C17H17N3O4/c1-2-9-20-16(21)8-7-15(19-20)17(22)24-11-10-23-14-5-3-13(12-18)4-6-14/h3-8H,2,9-11H2,1H3. The van der Waals surface area contributed by atoms with Crippen molar-refractivity contribution in [1.82, 2.24) is 9.78 Å². The van der Waals surface area contributed by atoms with Crippen LogP contribution >= 0.6 is 0 Å². The van der Waals surface area contributed by atoms with Gasteiger partial charge in [-0.25, -0.2) is 9.48 Å². The first-order chi connectivity index (χ1) is 11.6. The van der Waals surface area contributed by atoms with E-state index >= 15 is 0 Å². The van der Waals surface area contributed by atoms with E-state index in [1.165, 1.54) is 16.8 Å². The Morgan fingerprint density at radius 1 is 1.21 bits per heavy atom. The molecule has 1 aromatic heterocycles. The van der Waals surface area contributed by atoms with Crippen LogP contribution in [0.15, 0.2) is 41.2 Å². The summed E-state index contributed by atoms with van der Waals surface area (Å²) in [7, 11) is 0. The molecule has 124 valence electrons. The molecule has 0 unspecified atom stereocenters. The minimum absolute atomic E-state index is 0.0490. The third kappa shape index (κ3) is 4.68. The first-order valence-corrected chi connectivity index (χ1v) is 7.52. The predicted octanol–water partition coefficient (Wildman–Crippen LogP) is 1.76. The molecule has 0 saturated carbocycles. The summed E-state index contributed by atoms with van der Waals surface area (Å²) < 4.78 is 11.7. The van der Waals surface area contributed by atoms with Gasteiger partial charge in [-0.1, -0.05) is 6.92 Å². The highest BCUT2D eigenvalue weighted by molar-refractivity contribution is 5.86. The maximum absolute atomic E-state index is 11.9. The first-order valence-electron chi connectivity index (χ1n) is 7.52. The Morgan fingerprint density at radius 2 is 1.96 bits per heavy atom. The number of aromatic nitrogens is 2. The van der Waals surface area contributed by atoms with Gasteiger partial charge in [0.1, 0.15) is 19.0 Å². The summed E-state index contributed by atoms with van der Waals surface area (Å²) in [6.45, 7) is 2.58. The largest absolute Gasteiger partial charge is 0.490 e. The van der Waals surface area contributed by atoms with Crippen molar-refractivity contribution in [2.24, 2.45) is 0 Å². The molecule has 7 nitrogen and oxygen atoms in total. The molecule has 0 fully saturated rings. The summed E-state index contributed by atoms with van der Waals surface area (Å²) in [5.41, 5.74) is 0.376. The molecular formula is C17H17N3O4. The van der Waals surface area contributed by atoms with Gasteiger partial charge in [0.15, 0.2) is 5.69 Å². The number of nitriles is 1. The molecule has 0 spiro atoms. The quantitative estimate of drug-likeness (QED) is 0.568. The summed E-state index contributed by atoms with van der Waals surface area (Å²) >= 11 is 0. The average Bonchev–Trinajstić information content (AvgIpc) is 2.61. The zero-order valence-electron chi connectivity index (χ0n) is 13.3. The molecule has 2 rings (SSSR count). The van der Waals surface area contributed by atoms with Crippen LogP contribution in [0.2, 0.25) is 0 Å². The number of aryl methyl sites for hydroxylation is 1. The lowest BCUT2D eigenvalue weighted by Gasteiger charge is -2.08. The molecule has 0 aliphatic heterocycles. The van der Waals surface area contributed by atoms with Crippen LogP contribution in [0.25, 0.3) is 0 Å². The van der Waals surface area contributed by atoms with Gasteiger partial charge in [-0.05, 0) is 36.8 Å². The van der Waals surface area contributed by atoms with Gasteiger partial charge in [-0.15, -0.1) is 0 Å². The lowest BCUT2D eigenvalue weighted by atomic mass is 10.2. The number of carbonyl (C=O) groups is 1. The van der Waals surface area contributed by atoms with Crippen molar-refractivity contribution in [3.05, 3.63) is 58.0 Å². The molecule has 0 amide bonds. The molecule has 0 N–H and O–H groups in total. The van der Waals surface area contributed by atoms with Crippen molar-refractivity contribution in [3.63, 3.8) is 0 Å². The number of esters is 1. The number of benzene rings is 1. The second kappa shape index (κ2) is 8.48. The minimum atomic E-state index is -0.608. The number of hydrogen-bond acceptors (Lipinski definition) is 6. The Hall–Kier alpha value is -3.14. The van der Waals surface area contributed by atoms with Crippen LogP contribution < -0.4 is 10.3 Å². The Kier molecular flexibility index (Phi) is 6.08. The summed E-state index contributed by atoms with van der Waals surface area (Å²) in [4.78, 5) is 23.5. The molecule has 0 saturated heterocycles. The summed E-state index contributed by atoms with van der Waals surface area (Å²) in [5.74, 6) is -0.0250. The van der Waals surface area contributed by atoms with Gasteiger partial charge in [-0.3, -0.25) is 4.79 Å². The van der Waals surface area contributed by atoms with Crippen molar-refractivity contribution in [1.29, 1.82) is 5.26 Å². The van der Waals surface area contributed by atoms with E-state index in [1.807, 2.05) is 13.0 Å². The predicted molar refractivity (Wildman–Crippen MR) is 85.7 cm³/mol. The van der Waals surface area contributed by atoms with Gasteiger partial charge < -0.3 is 9.47 Å². The molecule has 24 heavy (non-hydrogen) atoms. The Bertz CT molecular complexity index is 791. The molecule has 0 aliphatic rings. The van der Waals surface area contributed by atoms with E-state index in [2.05, 4.69) is 5.10 Å². The minimum Gasteiger partial charge on any atom is -0.490 e. The summed E-state index contributed by atoms with van der Waals surface area (Å²) in [6, 6.07) is 11.3. The second-order valence-electron chi connectivity index (χ2n) is 4.90. The van der Waals surface area contributed by atoms with Crippen molar-refractivity contribution >= 4 is 5.97 Å². The lowest BCUT2D eigenvalue weighted by Crippen LogP contribution is -2.25. The molecule has 1 aromatic carbocycles. The second-order valence-corrected chi connectivity index (χ2v) is 4.90. The maximum Gasteiger partial charge on any atom is 0.358 e. The maximum atomic E-state index is 11.9. The van der Waals surface area contributed by atoms with E-state index in [1.54, 1.807) is 24.3 Å². The number of carbonyl (C=O) groups excluding carboxylic acids is 1. The normalized spacial score (nSPS) is 10.0. The third-order valence-electron chi connectivity index (χ3n) is 3.08. The van der Waals surface area contributed by atoms with E-state index in [0.29, 0.717) is 17.9 Å². The monoisotopic (exact) mass is 327 g/mol. The van der Waals surface area contributed by atoms with E-state index in [-0.39, 0.29) is 24.5 Å². The van der Waals surface area contributed by atoms with Gasteiger partial charge in [0.05, 0.1) is 11.6 Å². The van der Waals surface area contributed by atoms with Gasteiger partial charge in [0.2, 0.25) is 0 Å². The van der Waals surface area contributed by atoms with Crippen molar-refractivity contribution in [3.8, 4) is 11.8 Å². The van der Waals surface area contributed by atoms with Crippen LogP contribution in [0.5, 0.6) is 5.75 Å². The van der Waals surface area contributed by atoms with Crippen LogP contribution in [0.1, 0.15) is 29.4 Å². The third-order valence-corrected chi connectivity index (χ3v) is 3.08. The summed E-state index contributed by atoms with van der Waals surface area (Å²) in [6.07, 6.45) is 0.740. The summed E-state index contributed by atoms with van der Waals surface area (Å²) in [5, 5.41) is 12.7. The van der Waals surface area contributed by atoms with Crippen molar-refractivity contribution < 1.29 is 14.3 Å². The molecule has 0 aliphatic carbocycles. The molecular weight excluding hydrogens is 310 g/mol. The molecule has 0 bridgehead atoms. The highest BCUT2D eigenvalue weighted by atomic mass is 16.6. The SMILES string of the molecule is CCCn1nc(C(=O)OCCOc2ccc(C#N)cc2)ccc1=O.